The topological polar surface area (TPSA) is 39.2 Å². The first-order chi connectivity index (χ1) is 6.24. The Kier molecular flexibility index (Phi) is 7.16. The number of aryl methyl sites for hydroxylation is 1. The van der Waals surface area contributed by atoms with Crippen LogP contribution in [0.2, 0.25) is 0 Å². The van der Waals surface area contributed by atoms with E-state index in [1.165, 1.54) is 11.3 Å². The molecule has 74 valence electrons. The first kappa shape index (κ1) is 12.8. The number of aromatic nitrogens is 1. The summed E-state index contributed by atoms with van der Waals surface area (Å²) in [4.78, 5) is 16.9. The van der Waals surface area contributed by atoms with E-state index in [0.29, 0.717) is 12.3 Å². The maximum atomic E-state index is 11.0. The van der Waals surface area contributed by atoms with Gasteiger partial charge in [-0.1, -0.05) is 22.6 Å². The highest BCUT2D eigenvalue weighted by molar-refractivity contribution is 14.1. The van der Waals surface area contributed by atoms with E-state index >= 15 is 0 Å². The molecule has 0 amide bonds. The van der Waals surface area contributed by atoms with Gasteiger partial charge in [-0.2, -0.15) is 0 Å². The largest absolute Gasteiger partial charge is 0.461 e. The van der Waals surface area contributed by atoms with Gasteiger partial charge in [0.25, 0.3) is 0 Å². The van der Waals surface area contributed by atoms with Crippen molar-refractivity contribution in [1.29, 1.82) is 0 Å². The number of hydrogen-bond donors (Lipinski definition) is 0. The number of carbonyl (C=O) groups excluding carboxylic acids is 1. The van der Waals surface area contributed by atoms with Crippen LogP contribution in [0.25, 0.3) is 0 Å². The summed E-state index contributed by atoms with van der Waals surface area (Å²) in [6, 6.07) is 0. The maximum absolute atomic E-state index is 11.0. The molecule has 0 radical (unpaired) electrons. The lowest BCUT2D eigenvalue weighted by atomic mass is 10.5. The summed E-state index contributed by atoms with van der Waals surface area (Å²) in [5.41, 5.74) is 0.411. The lowest BCUT2D eigenvalue weighted by molar-refractivity contribution is 0.0520. The minimum Gasteiger partial charge on any atom is -0.461 e. The average Bonchev–Trinajstić information content (AvgIpc) is 2.56. The van der Waals surface area contributed by atoms with Crippen LogP contribution in [0.15, 0.2) is 5.38 Å². The molecule has 5 heteroatoms. The Hall–Kier alpha value is -0.170. The summed E-state index contributed by atoms with van der Waals surface area (Å²) in [7, 11) is 0. The second-order valence-corrected chi connectivity index (χ2v) is 3.03. The Morgan fingerprint density at radius 2 is 2.31 bits per heavy atom. The minimum absolute atomic E-state index is 0.336. The molecule has 1 aromatic rings. The van der Waals surface area contributed by atoms with Crippen LogP contribution >= 0.6 is 33.9 Å². The van der Waals surface area contributed by atoms with E-state index in [1.54, 1.807) is 12.3 Å². The van der Waals surface area contributed by atoms with Gasteiger partial charge in [0.05, 0.1) is 11.6 Å². The van der Waals surface area contributed by atoms with E-state index in [4.69, 9.17) is 4.74 Å². The van der Waals surface area contributed by atoms with E-state index in [0.717, 1.165) is 5.01 Å². The van der Waals surface area contributed by atoms with Gasteiger partial charge in [0.1, 0.15) is 0 Å². The first-order valence-electron chi connectivity index (χ1n) is 3.71. The Labute approximate surface area is 95.7 Å². The van der Waals surface area contributed by atoms with Crippen LogP contribution in [0.4, 0.5) is 0 Å². The van der Waals surface area contributed by atoms with Crippen molar-refractivity contribution in [2.75, 3.05) is 11.5 Å². The molecule has 0 saturated heterocycles. The molecule has 0 unspecified atom stereocenters. The third kappa shape index (κ3) is 4.56. The third-order valence-corrected chi connectivity index (χ3v) is 1.88. The molecular formula is C8H12INO2S. The molecule has 0 aliphatic heterocycles. The highest BCUT2D eigenvalue weighted by atomic mass is 127. The lowest BCUT2D eigenvalue weighted by Crippen LogP contribution is -2.04. The number of thiazole rings is 1. The number of nitrogens with zero attached hydrogens (tertiary/aromatic N) is 1. The molecule has 1 rings (SSSR count). The summed E-state index contributed by atoms with van der Waals surface area (Å²) < 4.78 is 4.75. The molecule has 0 saturated carbocycles. The Balaban J connectivity index is 0.000000671. The Morgan fingerprint density at radius 3 is 2.69 bits per heavy atom. The number of halogens is 1. The Bertz CT molecular complexity index is 262. The zero-order chi connectivity index (χ0) is 10.3. The van der Waals surface area contributed by atoms with Gasteiger partial charge in [0.15, 0.2) is 5.69 Å². The van der Waals surface area contributed by atoms with Crippen LogP contribution in [0, 0.1) is 6.92 Å². The van der Waals surface area contributed by atoms with Crippen LogP contribution in [-0.4, -0.2) is 22.5 Å². The van der Waals surface area contributed by atoms with Crippen molar-refractivity contribution in [3.05, 3.63) is 16.1 Å². The van der Waals surface area contributed by atoms with Crippen molar-refractivity contribution in [2.45, 2.75) is 13.8 Å². The predicted molar refractivity (Wildman–Crippen MR) is 62.8 cm³/mol. The van der Waals surface area contributed by atoms with Crippen molar-refractivity contribution < 1.29 is 9.53 Å². The predicted octanol–water partition coefficient (Wildman–Crippen LogP) is 2.68. The van der Waals surface area contributed by atoms with Gasteiger partial charge in [-0.25, -0.2) is 9.78 Å². The fourth-order valence-corrected chi connectivity index (χ4v) is 1.24. The number of rotatable bonds is 2. The summed E-state index contributed by atoms with van der Waals surface area (Å²) in [6.07, 6.45) is 0. The number of alkyl halides is 1. The van der Waals surface area contributed by atoms with E-state index in [2.05, 4.69) is 27.6 Å². The van der Waals surface area contributed by atoms with Gasteiger partial charge in [-0.15, -0.1) is 11.3 Å². The van der Waals surface area contributed by atoms with Crippen molar-refractivity contribution in [2.24, 2.45) is 0 Å². The molecule has 0 N–H and O–H groups in total. The van der Waals surface area contributed by atoms with Crippen LogP contribution in [-0.2, 0) is 4.74 Å². The number of esters is 1. The summed E-state index contributed by atoms with van der Waals surface area (Å²) in [5.74, 6) is -0.336. The second kappa shape index (κ2) is 7.25. The highest BCUT2D eigenvalue weighted by Crippen LogP contribution is 2.08. The molecule has 0 bridgehead atoms. The molecule has 0 spiro atoms. The third-order valence-electron chi connectivity index (χ3n) is 1.10. The summed E-state index contributed by atoms with van der Waals surface area (Å²) >= 11 is 3.60. The van der Waals surface area contributed by atoms with Gasteiger partial charge in [0, 0.05) is 5.38 Å². The fraction of sp³-hybridized carbons (Fsp3) is 0.500. The monoisotopic (exact) mass is 313 g/mol. The maximum Gasteiger partial charge on any atom is 0.357 e. The molecule has 0 fully saturated rings. The molecule has 0 aliphatic carbocycles. The summed E-state index contributed by atoms with van der Waals surface area (Å²) in [6.45, 7) is 4.03. The minimum atomic E-state index is -0.336. The molecule has 1 aromatic heterocycles. The van der Waals surface area contributed by atoms with Gasteiger partial charge in [-0.05, 0) is 18.8 Å². The highest BCUT2D eigenvalue weighted by Gasteiger charge is 2.08. The number of hydrogen-bond acceptors (Lipinski definition) is 4. The van der Waals surface area contributed by atoms with Gasteiger partial charge in [-0.3, -0.25) is 0 Å². The van der Waals surface area contributed by atoms with Crippen molar-refractivity contribution in [3.8, 4) is 0 Å². The molecule has 3 nitrogen and oxygen atoms in total. The van der Waals surface area contributed by atoms with E-state index in [-0.39, 0.29) is 5.97 Å². The van der Waals surface area contributed by atoms with E-state index < -0.39 is 0 Å². The van der Waals surface area contributed by atoms with Crippen LogP contribution < -0.4 is 0 Å². The van der Waals surface area contributed by atoms with Crippen LogP contribution in [0.5, 0.6) is 0 Å². The molecular weight excluding hydrogens is 301 g/mol. The molecule has 0 atom stereocenters. The summed E-state index contributed by atoms with van der Waals surface area (Å²) in [5, 5.41) is 2.58. The zero-order valence-corrected chi connectivity index (χ0v) is 10.8. The number of carbonyl (C=O) groups is 1. The molecule has 1 heterocycles. The van der Waals surface area contributed by atoms with Gasteiger partial charge in [0.2, 0.25) is 0 Å². The van der Waals surface area contributed by atoms with Crippen LogP contribution in [0.3, 0.4) is 0 Å². The van der Waals surface area contributed by atoms with E-state index in [1.807, 2.05) is 11.9 Å². The van der Waals surface area contributed by atoms with Gasteiger partial charge < -0.3 is 4.74 Å². The molecule has 13 heavy (non-hydrogen) atoms. The smallest absolute Gasteiger partial charge is 0.357 e. The van der Waals surface area contributed by atoms with E-state index in [9.17, 15) is 4.79 Å². The molecule has 0 aliphatic rings. The number of ether oxygens (including phenoxy) is 1. The first-order valence-corrected chi connectivity index (χ1v) is 6.74. The Morgan fingerprint density at radius 1 is 1.69 bits per heavy atom. The standard InChI is InChI=1S/C7H9NO2S.CH3I/c1-3-10-7(9)6-4-11-5(2)8-6;1-2/h4H,3H2,1-2H3;1H3. The quantitative estimate of drug-likeness (QED) is 0.479. The lowest BCUT2D eigenvalue weighted by Gasteiger charge is -1.95. The van der Waals surface area contributed by atoms with Gasteiger partial charge >= 0.3 is 5.97 Å². The zero-order valence-electron chi connectivity index (χ0n) is 7.83. The van der Waals surface area contributed by atoms with Crippen LogP contribution in [0.1, 0.15) is 22.4 Å². The fourth-order valence-electron chi connectivity index (χ4n) is 0.662. The SMILES string of the molecule is CCOC(=O)c1csc(C)n1.CI. The van der Waals surface area contributed by atoms with Crippen molar-refractivity contribution >= 4 is 39.9 Å². The van der Waals surface area contributed by atoms with Crippen molar-refractivity contribution in [3.63, 3.8) is 0 Å². The van der Waals surface area contributed by atoms with Crippen molar-refractivity contribution in [1.82, 2.24) is 4.98 Å². The molecule has 0 aromatic carbocycles. The second-order valence-electron chi connectivity index (χ2n) is 1.97. The normalized spacial score (nSPS) is 8.62. The average molecular weight is 313 g/mol.